The lowest BCUT2D eigenvalue weighted by atomic mass is 9.86. The van der Waals surface area contributed by atoms with Crippen LogP contribution in [0.15, 0.2) is 12.2 Å². The predicted octanol–water partition coefficient (Wildman–Crippen LogP) is 2.22. The van der Waals surface area contributed by atoms with Crippen molar-refractivity contribution in [2.24, 2.45) is 11.8 Å². The summed E-state index contributed by atoms with van der Waals surface area (Å²) in [5.74, 6) is -2.16. The number of carbonyl (C=O) groups excluding carboxylic acids is 2. The number of carboxylic acids is 2. The summed E-state index contributed by atoms with van der Waals surface area (Å²) in [6, 6.07) is 0. The van der Waals surface area contributed by atoms with Gasteiger partial charge in [-0.05, 0) is 37.7 Å². The molecule has 1 aliphatic carbocycles. The summed E-state index contributed by atoms with van der Waals surface area (Å²) in [5, 5.41) is 17.2. The van der Waals surface area contributed by atoms with E-state index in [-0.39, 0.29) is 36.2 Å². The van der Waals surface area contributed by atoms with Crippen LogP contribution in [-0.4, -0.2) is 33.7 Å². The largest absolute Gasteiger partial charge is 0.481 e. The van der Waals surface area contributed by atoms with Crippen molar-refractivity contribution in [3.8, 4) is 0 Å². The van der Waals surface area contributed by atoms with Crippen LogP contribution in [0.3, 0.4) is 0 Å². The van der Waals surface area contributed by atoms with Gasteiger partial charge in [-0.1, -0.05) is 6.08 Å². The van der Waals surface area contributed by atoms with E-state index in [4.69, 9.17) is 10.2 Å². The summed E-state index contributed by atoms with van der Waals surface area (Å²) in [5.41, 5.74) is 0. The van der Waals surface area contributed by atoms with Gasteiger partial charge in [-0.2, -0.15) is 0 Å². The predicted molar refractivity (Wildman–Crippen MR) is 78.3 cm³/mol. The maximum absolute atomic E-state index is 11.7. The summed E-state index contributed by atoms with van der Waals surface area (Å²) >= 11 is 0. The molecule has 0 saturated carbocycles. The fraction of sp³-hybridized carbons (Fsp3) is 0.625. The number of carboxylic acid groups (broad SMARTS) is 2. The van der Waals surface area contributed by atoms with E-state index in [0.717, 1.165) is 0 Å². The molecule has 0 bridgehead atoms. The monoisotopic (exact) mass is 310 g/mol. The maximum atomic E-state index is 11.7. The lowest BCUT2D eigenvalue weighted by Gasteiger charge is -2.16. The summed E-state index contributed by atoms with van der Waals surface area (Å²) in [6.07, 6.45) is 5.89. The van der Waals surface area contributed by atoms with Gasteiger partial charge in [0.1, 0.15) is 5.78 Å². The Morgan fingerprint density at radius 3 is 2.18 bits per heavy atom. The van der Waals surface area contributed by atoms with E-state index >= 15 is 0 Å². The van der Waals surface area contributed by atoms with Crippen molar-refractivity contribution in [2.45, 2.75) is 51.4 Å². The van der Waals surface area contributed by atoms with Crippen LogP contribution in [0.4, 0.5) is 0 Å². The van der Waals surface area contributed by atoms with Crippen LogP contribution in [0.1, 0.15) is 51.4 Å². The summed E-state index contributed by atoms with van der Waals surface area (Å²) in [7, 11) is 0. The molecule has 0 aliphatic heterocycles. The molecule has 2 atom stereocenters. The van der Waals surface area contributed by atoms with Gasteiger partial charge in [0, 0.05) is 31.6 Å². The Bertz CT molecular complexity index is 465. The molecule has 0 aromatic heterocycles. The lowest BCUT2D eigenvalue weighted by Crippen LogP contribution is -2.18. The molecule has 6 heteroatoms. The van der Waals surface area contributed by atoms with Gasteiger partial charge in [0.25, 0.3) is 0 Å². The second-order valence-electron chi connectivity index (χ2n) is 5.64. The Morgan fingerprint density at radius 2 is 1.55 bits per heavy atom. The number of rotatable bonds is 11. The van der Waals surface area contributed by atoms with E-state index in [9.17, 15) is 19.2 Å². The van der Waals surface area contributed by atoms with Gasteiger partial charge in [0.05, 0.1) is 0 Å². The highest BCUT2D eigenvalue weighted by atomic mass is 16.4. The Hall–Kier alpha value is -1.98. The molecule has 0 radical (unpaired) electrons. The number of aliphatic carboxylic acids is 2. The third-order valence-electron chi connectivity index (χ3n) is 3.91. The fourth-order valence-corrected chi connectivity index (χ4v) is 2.67. The first-order chi connectivity index (χ1) is 10.4. The molecule has 0 aromatic rings. The molecule has 2 N–H and O–H groups in total. The number of Topliss-reactive ketones (excluding diaryl/α,β-unsaturated/α-hetero) is 1. The van der Waals surface area contributed by atoms with E-state index in [0.29, 0.717) is 38.5 Å². The lowest BCUT2D eigenvalue weighted by molar-refractivity contribution is -0.138. The molecule has 0 spiro atoms. The van der Waals surface area contributed by atoms with Crippen LogP contribution in [0.5, 0.6) is 0 Å². The van der Waals surface area contributed by atoms with Gasteiger partial charge in [0.15, 0.2) is 5.78 Å². The zero-order valence-electron chi connectivity index (χ0n) is 12.5. The van der Waals surface area contributed by atoms with Gasteiger partial charge in [-0.15, -0.1) is 0 Å². The Balaban J connectivity index is 2.28. The summed E-state index contributed by atoms with van der Waals surface area (Å²) in [6.45, 7) is 0. The standard InChI is InChI=1S/C16H22O6/c17-12(3-1-2-4-15(19)20)7-5-11-6-9-14(18)13(11)8-10-16(21)22/h6,9,11,13H,1-5,7-8,10H2,(H,19,20)(H,21,22)/t11-,13+/m0/s1. The fourth-order valence-electron chi connectivity index (χ4n) is 2.67. The average Bonchev–Trinajstić information content (AvgIpc) is 2.79. The highest BCUT2D eigenvalue weighted by Gasteiger charge is 2.30. The second kappa shape index (κ2) is 9.12. The number of carbonyl (C=O) groups is 4. The van der Waals surface area contributed by atoms with Crippen molar-refractivity contribution in [1.29, 1.82) is 0 Å². The van der Waals surface area contributed by atoms with E-state index in [1.54, 1.807) is 6.08 Å². The van der Waals surface area contributed by atoms with Crippen molar-refractivity contribution in [1.82, 2.24) is 0 Å². The molecule has 122 valence electrons. The average molecular weight is 310 g/mol. The molecular formula is C16H22O6. The molecule has 0 unspecified atom stereocenters. The van der Waals surface area contributed by atoms with Gasteiger partial charge in [-0.3, -0.25) is 19.2 Å². The third-order valence-corrected chi connectivity index (χ3v) is 3.91. The number of allylic oxidation sites excluding steroid dienone is 2. The van der Waals surface area contributed by atoms with Crippen molar-refractivity contribution < 1.29 is 29.4 Å². The molecule has 0 fully saturated rings. The van der Waals surface area contributed by atoms with Crippen LogP contribution in [0.25, 0.3) is 0 Å². The first-order valence-electron chi connectivity index (χ1n) is 7.57. The Labute approximate surface area is 129 Å². The van der Waals surface area contributed by atoms with Gasteiger partial charge in [0.2, 0.25) is 0 Å². The maximum Gasteiger partial charge on any atom is 0.303 e. The molecule has 0 saturated heterocycles. The van der Waals surface area contributed by atoms with Crippen molar-refractivity contribution in [2.75, 3.05) is 0 Å². The molecule has 1 aliphatic rings. The normalized spacial score (nSPS) is 20.3. The first kappa shape index (κ1) is 18.1. The van der Waals surface area contributed by atoms with Crippen molar-refractivity contribution in [3.05, 3.63) is 12.2 Å². The molecule has 0 heterocycles. The zero-order valence-corrected chi connectivity index (χ0v) is 12.5. The Kier molecular flexibility index (Phi) is 7.49. The zero-order chi connectivity index (χ0) is 16.5. The molecule has 0 amide bonds. The SMILES string of the molecule is O=C(O)CCCCC(=O)CC[C@H]1C=CC(=O)[C@@H]1CCC(=O)O. The molecular weight excluding hydrogens is 288 g/mol. The van der Waals surface area contributed by atoms with Crippen LogP contribution in [0, 0.1) is 11.8 Å². The van der Waals surface area contributed by atoms with Gasteiger partial charge < -0.3 is 10.2 Å². The summed E-state index contributed by atoms with van der Waals surface area (Å²) < 4.78 is 0. The van der Waals surface area contributed by atoms with E-state index in [2.05, 4.69) is 0 Å². The third kappa shape index (κ3) is 6.65. The molecule has 22 heavy (non-hydrogen) atoms. The van der Waals surface area contributed by atoms with E-state index in [1.165, 1.54) is 6.08 Å². The quantitative estimate of drug-likeness (QED) is 0.566. The number of hydrogen-bond acceptors (Lipinski definition) is 4. The minimum atomic E-state index is -0.923. The minimum absolute atomic E-state index is 0.0439. The van der Waals surface area contributed by atoms with Crippen LogP contribution in [-0.2, 0) is 19.2 Å². The second-order valence-corrected chi connectivity index (χ2v) is 5.64. The van der Waals surface area contributed by atoms with Crippen molar-refractivity contribution in [3.63, 3.8) is 0 Å². The molecule has 6 nitrogen and oxygen atoms in total. The molecule has 1 rings (SSSR count). The summed E-state index contributed by atoms with van der Waals surface area (Å²) in [4.78, 5) is 44.4. The topological polar surface area (TPSA) is 109 Å². The number of ketones is 2. The molecule has 0 aromatic carbocycles. The highest BCUT2D eigenvalue weighted by Crippen LogP contribution is 2.30. The highest BCUT2D eigenvalue weighted by molar-refractivity contribution is 5.94. The number of unbranched alkanes of at least 4 members (excludes halogenated alkanes) is 1. The van der Waals surface area contributed by atoms with Gasteiger partial charge in [-0.25, -0.2) is 0 Å². The van der Waals surface area contributed by atoms with Gasteiger partial charge >= 0.3 is 11.9 Å². The smallest absolute Gasteiger partial charge is 0.303 e. The minimum Gasteiger partial charge on any atom is -0.481 e. The van der Waals surface area contributed by atoms with Crippen LogP contribution < -0.4 is 0 Å². The first-order valence-corrected chi connectivity index (χ1v) is 7.57. The number of hydrogen-bond donors (Lipinski definition) is 2. The Morgan fingerprint density at radius 1 is 0.909 bits per heavy atom. The van der Waals surface area contributed by atoms with E-state index < -0.39 is 11.9 Å². The van der Waals surface area contributed by atoms with E-state index in [1.807, 2.05) is 0 Å². The van der Waals surface area contributed by atoms with Crippen LogP contribution >= 0.6 is 0 Å². The van der Waals surface area contributed by atoms with Crippen molar-refractivity contribution >= 4 is 23.5 Å². The van der Waals surface area contributed by atoms with Crippen LogP contribution in [0.2, 0.25) is 0 Å².